The van der Waals surface area contributed by atoms with Gasteiger partial charge in [0.2, 0.25) is 5.91 Å². The number of hydrogen-bond acceptors (Lipinski definition) is 4. The molecule has 1 unspecified atom stereocenters. The van der Waals surface area contributed by atoms with E-state index in [1.165, 1.54) is 6.92 Å². The smallest absolute Gasteiger partial charge is 0.271 e. The molecule has 0 bridgehead atoms. The zero-order valence-corrected chi connectivity index (χ0v) is 17.6. The second-order valence-electron chi connectivity index (χ2n) is 7.19. The lowest BCUT2D eigenvalue weighted by molar-refractivity contribution is -0.114. The Balaban J connectivity index is 1.56. The van der Waals surface area contributed by atoms with E-state index in [1.807, 2.05) is 65.7 Å². The van der Waals surface area contributed by atoms with Gasteiger partial charge < -0.3 is 10.6 Å². The molecule has 1 atom stereocenters. The van der Waals surface area contributed by atoms with E-state index in [1.54, 1.807) is 18.2 Å². The van der Waals surface area contributed by atoms with Crippen LogP contribution in [-0.2, 0) is 9.59 Å². The molecule has 31 heavy (non-hydrogen) atoms. The fourth-order valence-corrected chi connectivity index (χ4v) is 3.72. The van der Waals surface area contributed by atoms with Crippen LogP contribution in [0.4, 0.5) is 17.1 Å². The third-order valence-corrected chi connectivity index (χ3v) is 5.23. The van der Waals surface area contributed by atoms with Crippen molar-refractivity contribution in [1.29, 1.82) is 0 Å². The number of halogens is 1. The van der Waals surface area contributed by atoms with Crippen LogP contribution >= 0.6 is 11.6 Å². The Kier molecular flexibility index (Phi) is 6.00. The van der Waals surface area contributed by atoms with Gasteiger partial charge in [0.25, 0.3) is 5.91 Å². The van der Waals surface area contributed by atoms with Crippen molar-refractivity contribution in [3.8, 4) is 0 Å². The summed E-state index contributed by atoms with van der Waals surface area (Å²) in [7, 11) is 0. The summed E-state index contributed by atoms with van der Waals surface area (Å²) in [5.74, 6) is -0.505. The van der Waals surface area contributed by atoms with Crippen molar-refractivity contribution >= 4 is 46.2 Å². The monoisotopic (exact) mass is 432 g/mol. The molecule has 0 spiro atoms. The summed E-state index contributed by atoms with van der Waals surface area (Å²) in [6, 6.07) is 24.7. The Hall–Kier alpha value is -3.64. The molecule has 6 nitrogen and oxygen atoms in total. The van der Waals surface area contributed by atoms with Gasteiger partial charge in [-0.3, -0.25) is 14.6 Å². The Labute approximate surface area is 185 Å². The van der Waals surface area contributed by atoms with Gasteiger partial charge in [0.1, 0.15) is 5.71 Å². The number of rotatable bonds is 5. The normalized spacial score (nSPS) is 15.4. The van der Waals surface area contributed by atoms with Gasteiger partial charge in [-0.15, -0.1) is 0 Å². The molecule has 3 aromatic rings. The van der Waals surface area contributed by atoms with E-state index >= 15 is 0 Å². The van der Waals surface area contributed by atoms with Crippen LogP contribution in [0, 0.1) is 0 Å². The molecule has 0 aromatic heterocycles. The number of nitrogens with zero attached hydrogens (tertiary/aromatic N) is 2. The minimum atomic E-state index is -0.289. The summed E-state index contributed by atoms with van der Waals surface area (Å²) in [5.41, 5.74) is 3.45. The number of amides is 2. The average molecular weight is 433 g/mol. The molecule has 0 radical (unpaired) electrons. The van der Waals surface area contributed by atoms with Crippen LogP contribution < -0.4 is 15.6 Å². The number of benzene rings is 3. The van der Waals surface area contributed by atoms with Crippen LogP contribution in [0.3, 0.4) is 0 Å². The maximum Gasteiger partial charge on any atom is 0.271 e. The minimum Gasteiger partial charge on any atom is -0.325 e. The standard InChI is InChI=1S/C24H21ClN4O2/c1-16(30)26-21-13-12-18(14-20(21)25)27-24(31)22-15-23(17-8-4-2-5-9-17)29(28-22)19-10-6-3-7-11-19/h2-14,23H,15H2,1H3,(H,26,30)(H,27,31). The van der Waals surface area contributed by atoms with Gasteiger partial charge in [0.15, 0.2) is 0 Å². The Morgan fingerprint density at radius 1 is 0.968 bits per heavy atom. The van der Waals surface area contributed by atoms with E-state index < -0.39 is 0 Å². The van der Waals surface area contributed by atoms with E-state index in [9.17, 15) is 9.59 Å². The van der Waals surface area contributed by atoms with E-state index in [-0.39, 0.29) is 17.9 Å². The predicted octanol–water partition coefficient (Wildman–Crippen LogP) is 5.24. The van der Waals surface area contributed by atoms with Gasteiger partial charge in [0, 0.05) is 19.0 Å². The molecule has 0 saturated heterocycles. The molecule has 1 heterocycles. The molecule has 2 amide bonds. The number of hydrogen-bond donors (Lipinski definition) is 2. The number of nitrogens with one attached hydrogen (secondary N) is 2. The van der Waals surface area contributed by atoms with Crippen LogP contribution in [0.2, 0.25) is 5.02 Å². The van der Waals surface area contributed by atoms with E-state index in [2.05, 4.69) is 15.7 Å². The van der Waals surface area contributed by atoms with Crippen molar-refractivity contribution in [3.63, 3.8) is 0 Å². The van der Waals surface area contributed by atoms with E-state index in [0.717, 1.165) is 11.3 Å². The molecule has 2 N–H and O–H groups in total. The van der Waals surface area contributed by atoms with Crippen molar-refractivity contribution < 1.29 is 9.59 Å². The second kappa shape index (κ2) is 9.02. The Morgan fingerprint density at radius 2 is 1.65 bits per heavy atom. The third kappa shape index (κ3) is 4.75. The van der Waals surface area contributed by atoms with Crippen molar-refractivity contribution in [2.24, 2.45) is 5.10 Å². The number of carbonyl (C=O) groups excluding carboxylic acids is 2. The first-order valence-electron chi connectivity index (χ1n) is 9.86. The molecule has 0 fully saturated rings. The zero-order chi connectivity index (χ0) is 21.8. The topological polar surface area (TPSA) is 73.8 Å². The summed E-state index contributed by atoms with van der Waals surface area (Å²) in [6.45, 7) is 1.41. The quantitative estimate of drug-likeness (QED) is 0.578. The van der Waals surface area contributed by atoms with Gasteiger partial charge >= 0.3 is 0 Å². The lowest BCUT2D eigenvalue weighted by Crippen LogP contribution is -2.22. The van der Waals surface area contributed by atoms with Crippen LogP contribution in [0.5, 0.6) is 0 Å². The Morgan fingerprint density at radius 3 is 2.29 bits per heavy atom. The lowest BCUT2D eigenvalue weighted by Gasteiger charge is -2.23. The molecule has 4 rings (SSSR count). The van der Waals surface area contributed by atoms with E-state index in [0.29, 0.717) is 28.5 Å². The predicted molar refractivity (Wildman–Crippen MR) is 125 cm³/mol. The van der Waals surface area contributed by atoms with Crippen molar-refractivity contribution in [2.45, 2.75) is 19.4 Å². The summed E-state index contributed by atoms with van der Waals surface area (Å²) in [6.07, 6.45) is 0.475. The highest BCUT2D eigenvalue weighted by Crippen LogP contribution is 2.35. The van der Waals surface area contributed by atoms with Gasteiger partial charge in [-0.05, 0) is 35.9 Å². The van der Waals surface area contributed by atoms with Gasteiger partial charge in [-0.1, -0.05) is 60.1 Å². The first-order chi connectivity index (χ1) is 15.0. The minimum absolute atomic E-state index is 0.0740. The lowest BCUT2D eigenvalue weighted by atomic mass is 10.0. The number of anilines is 3. The first kappa shape index (κ1) is 20.6. The molecule has 0 aliphatic carbocycles. The highest BCUT2D eigenvalue weighted by atomic mass is 35.5. The van der Waals surface area contributed by atoms with Gasteiger partial charge in [-0.2, -0.15) is 5.10 Å². The fraction of sp³-hybridized carbons (Fsp3) is 0.125. The molecular formula is C24H21ClN4O2. The van der Waals surface area contributed by atoms with Crippen molar-refractivity contribution in [2.75, 3.05) is 15.6 Å². The van der Waals surface area contributed by atoms with Crippen LogP contribution in [-0.4, -0.2) is 17.5 Å². The van der Waals surface area contributed by atoms with Gasteiger partial charge in [-0.25, -0.2) is 0 Å². The fourth-order valence-electron chi connectivity index (χ4n) is 3.49. The molecular weight excluding hydrogens is 412 g/mol. The van der Waals surface area contributed by atoms with E-state index in [4.69, 9.17) is 11.6 Å². The number of carbonyl (C=O) groups is 2. The highest BCUT2D eigenvalue weighted by molar-refractivity contribution is 6.44. The Bertz CT molecular complexity index is 1130. The second-order valence-corrected chi connectivity index (χ2v) is 7.59. The van der Waals surface area contributed by atoms with Crippen LogP contribution in [0.15, 0.2) is 84.0 Å². The molecule has 7 heteroatoms. The van der Waals surface area contributed by atoms with Crippen LogP contribution in [0.25, 0.3) is 0 Å². The number of para-hydroxylation sites is 1. The summed E-state index contributed by atoms with van der Waals surface area (Å²) >= 11 is 6.22. The molecule has 0 saturated carbocycles. The maximum atomic E-state index is 13.0. The molecule has 1 aliphatic heterocycles. The van der Waals surface area contributed by atoms with Crippen LogP contribution in [0.1, 0.15) is 24.9 Å². The molecule has 3 aromatic carbocycles. The first-order valence-corrected chi connectivity index (χ1v) is 10.2. The molecule has 156 valence electrons. The zero-order valence-electron chi connectivity index (χ0n) is 16.9. The van der Waals surface area contributed by atoms with Gasteiger partial charge in [0.05, 0.1) is 22.4 Å². The largest absolute Gasteiger partial charge is 0.325 e. The summed E-state index contributed by atoms with van der Waals surface area (Å²) in [5, 5.41) is 12.4. The summed E-state index contributed by atoms with van der Waals surface area (Å²) < 4.78 is 0. The third-order valence-electron chi connectivity index (χ3n) is 4.92. The maximum absolute atomic E-state index is 13.0. The summed E-state index contributed by atoms with van der Waals surface area (Å²) in [4.78, 5) is 24.2. The highest BCUT2D eigenvalue weighted by Gasteiger charge is 2.32. The SMILES string of the molecule is CC(=O)Nc1ccc(NC(=O)C2=NN(c3ccccc3)C(c3ccccc3)C2)cc1Cl. The average Bonchev–Trinajstić information content (AvgIpc) is 3.22. The number of hydrazone groups is 1. The molecule has 1 aliphatic rings. The van der Waals surface area contributed by atoms with Crippen molar-refractivity contribution in [3.05, 3.63) is 89.4 Å². The van der Waals surface area contributed by atoms with Crippen molar-refractivity contribution in [1.82, 2.24) is 0 Å².